The van der Waals surface area contributed by atoms with Gasteiger partial charge in [0.2, 0.25) is 0 Å². The van der Waals surface area contributed by atoms with Crippen LogP contribution < -0.4 is 18.9 Å². The van der Waals surface area contributed by atoms with Crippen molar-refractivity contribution in [3.63, 3.8) is 0 Å². The van der Waals surface area contributed by atoms with Gasteiger partial charge in [0.25, 0.3) is 0 Å². The zero-order chi connectivity index (χ0) is 54.0. The molecular weight excluding hydrogens is 969 g/mol. The molecule has 5 rings (SSSR count). The second kappa shape index (κ2) is 27.5. The van der Waals surface area contributed by atoms with Crippen molar-refractivity contribution in [2.24, 2.45) is 0 Å². The summed E-state index contributed by atoms with van der Waals surface area (Å²) >= 11 is 0. The van der Waals surface area contributed by atoms with Crippen molar-refractivity contribution >= 4 is 40.0 Å². The van der Waals surface area contributed by atoms with Gasteiger partial charge in [0.15, 0.2) is 25.0 Å². The molecule has 14 heteroatoms. The Bertz CT molecular complexity index is 2300. The molecule has 5 aromatic rings. The van der Waals surface area contributed by atoms with Gasteiger partial charge < -0.3 is 40.5 Å². The molecule has 5 aromatic carbocycles. The van der Waals surface area contributed by atoms with Crippen LogP contribution in [-0.2, 0) is 32.3 Å². The van der Waals surface area contributed by atoms with Crippen molar-refractivity contribution in [1.82, 2.24) is 0 Å². The molecule has 0 fully saturated rings. The Morgan fingerprint density at radius 1 is 0.472 bits per heavy atom. The van der Waals surface area contributed by atoms with Crippen LogP contribution in [0.1, 0.15) is 87.0 Å². The van der Waals surface area contributed by atoms with Gasteiger partial charge in [-0.25, -0.2) is 4.79 Å². The molecule has 2 unspecified atom stereocenters. The molecular formula is C58H86O10Si4. The van der Waals surface area contributed by atoms with Crippen LogP contribution in [0.25, 0.3) is 0 Å². The molecule has 0 saturated carbocycles. The molecule has 0 saturated heterocycles. The molecule has 0 radical (unpaired) electrons. The summed E-state index contributed by atoms with van der Waals surface area (Å²) in [5, 5.41) is 0. The third-order valence-electron chi connectivity index (χ3n) is 11.4. The Kier molecular flexibility index (Phi) is 23.5. The maximum absolute atomic E-state index is 12.3. The Morgan fingerprint density at radius 2 is 0.778 bits per heavy atom. The standard InChI is InChI=1S/C29H52O6Si4.C27H30O4.C2H4/c1-14-26(32-39(33-36(5,6)7,34-37(8,9)10)35-38(11,12)13)23-31-28-21-17-25(18-22-28)29(2,3)24-15-19-27(30-4)20-16-24;1-5-23(31-26(28)20-9-7-6-8-10-20)19-30-25-17-13-22(14-18-25)27(2,3)21-11-15-24(29-4)16-12-21;1-2/h15-22,26H,14,23H2,1-13H3;6-18,23H,5,19H2,1-4H3;1-2H2. The molecule has 0 aliphatic heterocycles. The summed E-state index contributed by atoms with van der Waals surface area (Å²) in [5.74, 6) is 2.94. The molecule has 2 atom stereocenters. The number of benzene rings is 5. The average Bonchev–Trinajstić information content (AvgIpc) is 3.33. The van der Waals surface area contributed by atoms with Crippen molar-refractivity contribution in [2.45, 2.75) is 136 Å². The van der Waals surface area contributed by atoms with Crippen LogP contribution in [0.2, 0.25) is 58.9 Å². The third-order valence-corrected chi connectivity index (χ3v) is 22.4. The van der Waals surface area contributed by atoms with E-state index in [2.05, 4.69) is 155 Å². The van der Waals surface area contributed by atoms with Crippen LogP contribution in [-0.4, -0.2) is 79.6 Å². The van der Waals surface area contributed by atoms with E-state index in [-0.39, 0.29) is 29.0 Å². The van der Waals surface area contributed by atoms with Crippen molar-refractivity contribution in [2.75, 3.05) is 27.4 Å². The van der Waals surface area contributed by atoms with E-state index in [4.69, 9.17) is 40.5 Å². The van der Waals surface area contributed by atoms with E-state index in [9.17, 15) is 4.79 Å². The van der Waals surface area contributed by atoms with E-state index in [0.29, 0.717) is 25.2 Å². The monoisotopic (exact) mass is 1050 g/mol. The molecule has 0 heterocycles. The fourth-order valence-corrected chi connectivity index (χ4v) is 19.2. The zero-order valence-corrected chi connectivity index (χ0v) is 50.6. The molecule has 72 heavy (non-hydrogen) atoms. The van der Waals surface area contributed by atoms with Gasteiger partial charge in [-0.1, -0.05) is 108 Å². The van der Waals surface area contributed by atoms with Gasteiger partial charge in [0.05, 0.1) is 25.9 Å². The first-order valence-corrected chi connectivity index (χ1v) is 36.9. The Hall–Kier alpha value is -4.78. The van der Waals surface area contributed by atoms with Gasteiger partial charge >= 0.3 is 15.0 Å². The topological polar surface area (TPSA) is 100 Å². The highest BCUT2D eigenvalue weighted by atomic mass is 28.5. The molecule has 0 amide bonds. The Morgan fingerprint density at radius 3 is 1.07 bits per heavy atom. The van der Waals surface area contributed by atoms with E-state index in [0.717, 1.165) is 29.4 Å². The first-order valence-electron chi connectivity index (χ1n) is 25.0. The minimum atomic E-state index is -3.41. The molecule has 0 aliphatic carbocycles. The highest BCUT2D eigenvalue weighted by molar-refractivity contribution is 6.87. The average molecular weight is 1060 g/mol. The fourth-order valence-electron chi connectivity index (χ4n) is 7.39. The molecule has 0 aliphatic rings. The SMILES string of the molecule is C=C.CCC(COc1ccc(C(C)(C)c2ccc(OC)cc2)cc1)OC(=O)c1ccccc1.CCC(COc1ccc(C(C)(C)c2ccc(OC)cc2)cc1)O[Si](O[Si](C)(C)C)(O[Si](C)(C)C)O[Si](C)(C)C. The maximum atomic E-state index is 12.3. The number of esters is 1. The summed E-state index contributed by atoms with van der Waals surface area (Å²) in [6, 6.07) is 41.9. The van der Waals surface area contributed by atoms with Crippen molar-refractivity contribution in [1.29, 1.82) is 0 Å². The minimum absolute atomic E-state index is 0.151. The van der Waals surface area contributed by atoms with Crippen LogP contribution in [0.4, 0.5) is 0 Å². The van der Waals surface area contributed by atoms with Gasteiger partial charge in [0, 0.05) is 10.8 Å². The highest BCUT2D eigenvalue weighted by Crippen LogP contribution is 2.35. The second-order valence-corrected chi connectivity index (χ2v) is 37.8. The number of hydrogen-bond acceptors (Lipinski definition) is 10. The molecule has 10 nitrogen and oxygen atoms in total. The van der Waals surface area contributed by atoms with Gasteiger partial charge in [-0.2, -0.15) is 0 Å². The summed E-state index contributed by atoms with van der Waals surface area (Å²) in [5.41, 5.74) is 5.08. The van der Waals surface area contributed by atoms with Crippen LogP contribution >= 0.6 is 0 Å². The molecule has 0 N–H and O–H groups in total. The van der Waals surface area contributed by atoms with E-state index < -0.39 is 34.0 Å². The van der Waals surface area contributed by atoms with E-state index >= 15 is 0 Å². The predicted octanol–water partition coefficient (Wildman–Crippen LogP) is 15.0. The lowest BCUT2D eigenvalue weighted by atomic mass is 9.78. The van der Waals surface area contributed by atoms with E-state index in [1.807, 2.05) is 73.7 Å². The molecule has 394 valence electrons. The van der Waals surface area contributed by atoms with Crippen molar-refractivity contribution < 1.29 is 45.3 Å². The Balaban J connectivity index is 0.000000376. The molecule has 0 bridgehead atoms. The molecule has 0 spiro atoms. The lowest BCUT2D eigenvalue weighted by Crippen LogP contribution is -2.63. The quantitative estimate of drug-likeness (QED) is 0.0337. The fraction of sp³-hybridized carbons (Fsp3) is 0.431. The number of hydrogen-bond donors (Lipinski definition) is 0. The summed E-state index contributed by atoms with van der Waals surface area (Å²) < 4.78 is 55.1. The van der Waals surface area contributed by atoms with Crippen LogP contribution in [0.3, 0.4) is 0 Å². The van der Waals surface area contributed by atoms with Crippen LogP contribution in [0.5, 0.6) is 23.0 Å². The number of carbonyl (C=O) groups excluding carboxylic acids is 1. The molecule has 0 aromatic heterocycles. The van der Waals surface area contributed by atoms with Crippen molar-refractivity contribution in [3.05, 3.63) is 168 Å². The predicted molar refractivity (Wildman–Crippen MR) is 306 cm³/mol. The largest absolute Gasteiger partial charge is 0.648 e. The van der Waals surface area contributed by atoms with Crippen LogP contribution in [0.15, 0.2) is 141 Å². The number of carbonyl (C=O) groups is 1. The lowest BCUT2D eigenvalue weighted by molar-refractivity contribution is 0.0156. The number of methoxy groups -OCH3 is 2. The maximum Gasteiger partial charge on any atom is 0.648 e. The summed E-state index contributed by atoms with van der Waals surface area (Å²) in [6.45, 7) is 39.1. The smallest absolute Gasteiger partial charge is 0.497 e. The normalized spacial score (nSPS) is 13.0. The van der Waals surface area contributed by atoms with Gasteiger partial charge in [-0.15, -0.1) is 13.2 Å². The van der Waals surface area contributed by atoms with Gasteiger partial charge in [-0.05, 0) is 155 Å². The summed E-state index contributed by atoms with van der Waals surface area (Å²) in [6.07, 6.45) is 0.928. The number of ether oxygens (including phenoxy) is 5. The first kappa shape index (κ1) is 61.5. The lowest BCUT2D eigenvalue weighted by Gasteiger charge is -2.42. The van der Waals surface area contributed by atoms with Gasteiger partial charge in [-0.3, -0.25) is 0 Å². The van der Waals surface area contributed by atoms with Crippen LogP contribution in [0, 0.1) is 0 Å². The van der Waals surface area contributed by atoms with E-state index in [1.165, 1.54) is 22.3 Å². The van der Waals surface area contributed by atoms with Crippen molar-refractivity contribution in [3.8, 4) is 23.0 Å². The zero-order valence-electron chi connectivity index (χ0n) is 46.6. The second-order valence-electron chi connectivity index (χ2n) is 21.5. The van der Waals surface area contributed by atoms with E-state index in [1.54, 1.807) is 26.4 Å². The first-order chi connectivity index (χ1) is 33.7. The minimum Gasteiger partial charge on any atom is -0.497 e. The summed E-state index contributed by atoms with van der Waals surface area (Å²) in [7, 11) is -6.15. The highest BCUT2D eigenvalue weighted by Gasteiger charge is 2.55. The summed E-state index contributed by atoms with van der Waals surface area (Å²) in [4.78, 5) is 12.3. The third kappa shape index (κ3) is 19.9. The number of rotatable bonds is 24. The van der Waals surface area contributed by atoms with Gasteiger partial charge in [0.1, 0.15) is 42.3 Å². The Labute approximate surface area is 438 Å².